The van der Waals surface area contributed by atoms with Crippen molar-refractivity contribution < 1.29 is 14.3 Å². The van der Waals surface area contributed by atoms with Gasteiger partial charge in [-0.3, -0.25) is 4.79 Å². The summed E-state index contributed by atoms with van der Waals surface area (Å²) in [5.41, 5.74) is 5.54. The fraction of sp³-hybridized carbons (Fsp3) is 0.846. The molecule has 1 unspecified atom stereocenters. The standard InChI is InChI=1S/C13H24N2O3/c1-3-18-13(17)11(14)12(16)15-9(2)10-7-5-4-6-8-10/h9-11H,3-8,14H2,1-2H3,(H,15,16)/t9-,11?/m1/s1. The summed E-state index contributed by atoms with van der Waals surface area (Å²) in [7, 11) is 0. The number of carbonyl (C=O) groups is 2. The predicted octanol–water partition coefficient (Wildman–Crippen LogP) is 0.962. The van der Waals surface area contributed by atoms with Crippen LogP contribution in [-0.2, 0) is 14.3 Å². The SMILES string of the molecule is CCOC(=O)C(N)C(=O)N[C@H](C)C1CCCCC1. The zero-order valence-electron chi connectivity index (χ0n) is 11.3. The molecule has 1 rings (SSSR count). The van der Waals surface area contributed by atoms with Gasteiger partial charge in [0.15, 0.2) is 6.04 Å². The number of nitrogens with two attached hydrogens (primary N) is 1. The Hall–Kier alpha value is -1.10. The summed E-state index contributed by atoms with van der Waals surface area (Å²) in [5.74, 6) is -0.602. The van der Waals surface area contributed by atoms with Gasteiger partial charge in [-0.1, -0.05) is 19.3 Å². The number of amides is 1. The Kier molecular flexibility index (Phi) is 6.12. The smallest absolute Gasteiger partial charge is 0.332 e. The summed E-state index contributed by atoms with van der Waals surface area (Å²) in [5, 5.41) is 2.82. The molecule has 0 saturated heterocycles. The Labute approximate surface area is 108 Å². The summed E-state index contributed by atoms with van der Waals surface area (Å²) in [6.07, 6.45) is 5.98. The van der Waals surface area contributed by atoms with Gasteiger partial charge in [0, 0.05) is 6.04 Å². The van der Waals surface area contributed by atoms with Gasteiger partial charge in [0.05, 0.1) is 6.61 Å². The van der Waals surface area contributed by atoms with Crippen LogP contribution in [0.2, 0.25) is 0 Å². The van der Waals surface area contributed by atoms with E-state index in [2.05, 4.69) is 5.32 Å². The molecule has 1 aliphatic carbocycles. The van der Waals surface area contributed by atoms with Gasteiger partial charge >= 0.3 is 5.97 Å². The maximum atomic E-state index is 11.8. The molecule has 5 nitrogen and oxygen atoms in total. The van der Waals surface area contributed by atoms with E-state index in [-0.39, 0.29) is 12.6 Å². The lowest BCUT2D eigenvalue weighted by Crippen LogP contribution is -2.51. The molecule has 3 N–H and O–H groups in total. The van der Waals surface area contributed by atoms with E-state index in [9.17, 15) is 9.59 Å². The van der Waals surface area contributed by atoms with E-state index >= 15 is 0 Å². The molecule has 1 amide bonds. The van der Waals surface area contributed by atoms with Gasteiger partial charge in [-0.05, 0) is 32.6 Å². The molecule has 0 aromatic rings. The molecule has 1 fully saturated rings. The number of rotatable bonds is 5. The molecule has 0 aromatic heterocycles. The van der Waals surface area contributed by atoms with Crippen molar-refractivity contribution in [2.24, 2.45) is 11.7 Å². The topological polar surface area (TPSA) is 81.4 Å². The Bertz CT molecular complexity index is 288. The lowest BCUT2D eigenvalue weighted by atomic mass is 9.84. The fourth-order valence-electron chi connectivity index (χ4n) is 2.41. The monoisotopic (exact) mass is 256 g/mol. The van der Waals surface area contributed by atoms with Crippen molar-refractivity contribution in [1.82, 2.24) is 5.32 Å². The van der Waals surface area contributed by atoms with Crippen LogP contribution in [0.15, 0.2) is 0 Å². The molecule has 5 heteroatoms. The average molecular weight is 256 g/mol. The largest absolute Gasteiger partial charge is 0.464 e. The van der Waals surface area contributed by atoms with Crippen LogP contribution in [-0.4, -0.2) is 30.6 Å². The second-order valence-corrected chi connectivity index (χ2v) is 4.93. The second-order valence-electron chi connectivity index (χ2n) is 4.93. The van der Waals surface area contributed by atoms with E-state index in [1.54, 1.807) is 6.92 Å². The minimum atomic E-state index is -1.21. The van der Waals surface area contributed by atoms with E-state index < -0.39 is 17.9 Å². The Morgan fingerprint density at radius 2 is 1.94 bits per heavy atom. The van der Waals surface area contributed by atoms with Crippen LogP contribution in [0.3, 0.4) is 0 Å². The number of hydrogen-bond acceptors (Lipinski definition) is 4. The molecule has 18 heavy (non-hydrogen) atoms. The lowest BCUT2D eigenvalue weighted by Gasteiger charge is -2.28. The molecule has 0 heterocycles. The zero-order chi connectivity index (χ0) is 13.5. The summed E-state index contributed by atoms with van der Waals surface area (Å²) in [4.78, 5) is 23.1. The fourth-order valence-corrected chi connectivity index (χ4v) is 2.41. The molecule has 0 bridgehead atoms. The quantitative estimate of drug-likeness (QED) is 0.567. The molecule has 2 atom stereocenters. The molecule has 0 spiro atoms. The second kappa shape index (κ2) is 7.36. The zero-order valence-corrected chi connectivity index (χ0v) is 11.3. The van der Waals surface area contributed by atoms with Crippen molar-refractivity contribution in [2.75, 3.05) is 6.61 Å². The number of carbonyl (C=O) groups excluding carboxylic acids is 2. The summed E-state index contributed by atoms with van der Waals surface area (Å²) >= 11 is 0. The van der Waals surface area contributed by atoms with Crippen molar-refractivity contribution in [3.8, 4) is 0 Å². The first-order valence-corrected chi connectivity index (χ1v) is 6.78. The highest BCUT2D eigenvalue weighted by Gasteiger charge is 2.27. The van der Waals surface area contributed by atoms with Crippen molar-refractivity contribution in [2.45, 2.75) is 58.0 Å². The highest BCUT2D eigenvalue weighted by Crippen LogP contribution is 2.26. The molecule has 0 aromatic carbocycles. The van der Waals surface area contributed by atoms with Gasteiger partial charge in [-0.2, -0.15) is 0 Å². The maximum Gasteiger partial charge on any atom is 0.332 e. The normalized spacial score (nSPS) is 19.9. The first-order chi connectivity index (χ1) is 8.56. The van der Waals surface area contributed by atoms with E-state index in [1.165, 1.54) is 19.3 Å². The third-order valence-electron chi connectivity index (χ3n) is 3.55. The van der Waals surface area contributed by atoms with Gasteiger partial charge in [-0.25, -0.2) is 4.79 Å². The minimum Gasteiger partial charge on any atom is -0.464 e. The maximum absolute atomic E-state index is 11.8. The Morgan fingerprint density at radius 1 is 1.33 bits per heavy atom. The molecule has 0 aliphatic heterocycles. The van der Waals surface area contributed by atoms with E-state index in [4.69, 9.17) is 10.5 Å². The molecule has 1 aliphatic rings. The van der Waals surface area contributed by atoms with Crippen LogP contribution in [0.1, 0.15) is 46.0 Å². The average Bonchev–Trinajstić information content (AvgIpc) is 2.39. The van der Waals surface area contributed by atoms with Crippen LogP contribution >= 0.6 is 0 Å². The highest BCUT2D eigenvalue weighted by molar-refractivity contribution is 6.01. The van der Waals surface area contributed by atoms with Crippen molar-refractivity contribution in [3.05, 3.63) is 0 Å². The third-order valence-corrected chi connectivity index (χ3v) is 3.55. The molecule has 1 saturated carbocycles. The van der Waals surface area contributed by atoms with Crippen LogP contribution < -0.4 is 11.1 Å². The van der Waals surface area contributed by atoms with Gasteiger partial charge in [0.25, 0.3) is 0 Å². The van der Waals surface area contributed by atoms with E-state index in [1.807, 2.05) is 6.92 Å². The molecule has 0 radical (unpaired) electrons. The van der Waals surface area contributed by atoms with E-state index in [0.29, 0.717) is 5.92 Å². The number of nitrogens with one attached hydrogen (secondary N) is 1. The number of esters is 1. The van der Waals surface area contributed by atoms with Crippen LogP contribution in [0.4, 0.5) is 0 Å². The van der Waals surface area contributed by atoms with Crippen LogP contribution in [0.25, 0.3) is 0 Å². The van der Waals surface area contributed by atoms with Gasteiger partial charge in [0.2, 0.25) is 5.91 Å². The number of ether oxygens (including phenoxy) is 1. The first-order valence-electron chi connectivity index (χ1n) is 6.78. The van der Waals surface area contributed by atoms with Gasteiger partial charge in [-0.15, -0.1) is 0 Å². The summed E-state index contributed by atoms with van der Waals surface area (Å²) in [6.45, 7) is 3.90. The number of hydrogen-bond donors (Lipinski definition) is 2. The molecular weight excluding hydrogens is 232 g/mol. The minimum absolute atomic E-state index is 0.0678. The Balaban J connectivity index is 2.40. The highest BCUT2D eigenvalue weighted by atomic mass is 16.5. The predicted molar refractivity (Wildman–Crippen MR) is 68.8 cm³/mol. The first kappa shape index (κ1) is 15.0. The molecular formula is C13H24N2O3. The van der Waals surface area contributed by atoms with Crippen molar-refractivity contribution >= 4 is 11.9 Å². The van der Waals surface area contributed by atoms with E-state index in [0.717, 1.165) is 12.8 Å². The molecule has 104 valence electrons. The van der Waals surface area contributed by atoms with Gasteiger partial charge in [0.1, 0.15) is 0 Å². The van der Waals surface area contributed by atoms with Crippen molar-refractivity contribution in [3.63, 3.8) is 0 Å². The summed E-state index contributed by atoms with van der Waals surface area (Å²) < 4.78 is 4.73. The van der Waals surface area contributed by atoms with Crippen LogP contribution in [0.5, 0.6) is 0 Å². The Morgan fingerprint density at radius 3 is 2.50 bits per heavy atom. The third kappa shape index (κ3) is 4.29. The van der Waals surface area contributed by atoms with Crippen molar-refractivity contribution in [1.29, 1.82) is 0 Å². The van der Waals surface area contributed by atoms with Gasteiger partial charge < -0.3 is 15.8 Å². The summed E-state index contributed by atoms with van der Waals surface area (Å²) in [6, 6.07) is -1.14. The lowest BCUT2D eigenvalue weighted by molar-refractivity contribution is -0.148. The van der Waals surface area contributed by atoms with Crippen LogP contribution in [0, 0.1) is 5.92 Å².